The number of piperazine rings is 1. The molecule has 194 valence electrons. The number of amides is 1. The van der Waals surface area contributed by atoms with Crippen LogP contribution >= 0.6 is 23.2 Å². The Kier molecular flexibility index (Phi) is 7.45. The molecule has 0 radical (unpaired) electrons. The predicted octanol–water partition coefficient (Wildman–Crippen LogP) is 4.38. The van der Waals surface area contributed by atoms with Crippen molar-refractivity contribution in [1.29, 1.82) is 0 Å². The van der Waals surface area contributed by atoms with Gasteiger partial charge in [-0.05, 0) is 23.3 Å². The third-order valence-corrected chi connectivity index (χ3v) is 7.60. The fourth-order valence-corrected chi connectivity index (χ4v) is 5.96. The van der Waals surface area contributed by atoms with E-state index < -0.39 is 17.2 Å². The van der Waals surface area contributed by atoms with Gasteiger partial charge in [-0.2, -0.15) is 0 Å². The van der Waals surface area contributed by atoms with Gasteiger partial charge >= 0.3 is 0 Å². The minimum Gasteiger partial charge on any atom is -0.338 e. The molecule has 1 aromatic carbocycles. The summed E-state index contributed by atoms with van der Waals surface area (Å²) in [5.41, 5.74) is 2.56. The lowest BCUT2D eigenvalue weighted by Gasteiger charge is -2.46. The summed E-state index contributed by atoms with van der Waals surface area (Å²) in [7, 11) is 1.73. The van der Waals surface area contributed by atoms with Crippen LogP contribution < -0.4 is 0 Å². The molecule has 10 heteroatoms. The maximum Gasteiger partial charge on any atom is 0.243 e. The lowest BCUT2D eigenvalue weighted by molar-refractivity contribution is -0.145. The summed E-state index contributed by atoms with van der Waals surface area (Å²) in [6, 6.07) is 13.2. The number of nitrogens with zero attached hydrogens (tertiary/aromatic N) is 5. The summed E-state index contributed by atoms with van der Waals surface area (Å²) in [5.74, 6) is -0.916. The molecule has 0 atom stereocenters. The quantitative estimate of drug-likeness (QED) is 0.430. The zero-order chi connectivity index (χ0) is 26.2. The number of carbonyl (C=O) groups is 1. The first-order valence-corrected chi connectivity index (χ1v) is 12.9. The van der Waals surface area contributed by atoms with Crippen LogP contribution in [0.15, 0.2) is 48.5 Å². The molecule has 3 heterocycles. The van der Waals surface area contributed by atoms with Gasteiger partial charge < -0.3 is 4.90 Å². The molecule has 2 aromatic heterocycles. The van der Waals surface area contributed by atoms with Crippen LogP contribution in [-0.2, 0) is 30.7 Å². The van der Waals surface area contributed by atoms with Crippen molar-refractivity contribution in [3.8, 4) is 0 Å². The van der Waals surface area contributed by atoms with Gasteiger partial charge in [-0.3, -0.25) is 14.6 Å². The molecule has 0 unspecified atom stereocenters. The van der Waals surface area contributed by atoms with E-state index in [0.717, 1.165) is 17.2 Å². The van der Waals surface area contributed by atoms with E-state index >= 15 is 0 Å². The van der Waals surface area contributed by atoms with Crippen molar-refractivity contribution >= 4 is 29.1 Å². The standard InChI is InChI=1S/C27H27Cl2F2N5O/c1-34(16-22-10-20(30)12-24(28)32-22)26(37)27(14-18-4-2-3-5-19(18)15-27)36-8-6-35(7-9-36)17-23-11-21(31)13-25(29)33-23/h2-5,10-13H,6-9,14-17H2,1H3. The van der Waals surface area contributed by atoms with Gasteiger partial charge in [-0.1, -0.05) is 47.5 Å². The Morgan fingerprint density at radius 2 is 1.46 bits per heavy atom. The number of pyridine rings is 2. The van der Waals surface area contributed by atoms with E-state index in [2.05, 4.69) is 31.9 Å². The largest absolute Gasteiger partial charge is 0.338 e. The Hall–Kier alpha value is -2.65. The van der Waals surface area contributed by atoms with Crippen LogP contribution in [-0.4, -0.2) is 69.3 Å². The minimum absolute atomic E-state index is 0.0297. The lowest BCUT2D eigenvalue weighted by Crippen LogP contribution is -2.64. The summed E-state index contributed by atoms with van der Waals surface area (Å²) in [5, 5.41) is 0.197. The lowest BCUT2D eigenvalue weighted by atomic mass is 9.90. The molecular formula is C27H27Cl2F2N5O. The SMILES string of the molecule is CN(Cc1cc(F)cc(Cl)n1)C(=O)C1(N2CCN(Cc3cc(F)cc(Cl)n3)CC2)Cc2ccccc2C1. The molecular weight excluding hydrogens is 519 g/mol. The van der Waals surface area contributed by atoms with Crippen molar-refractivity contribution in [2.24, 2.45) is 0 Å². The van der Waals surface area contributed by atoms with E-state index in [1.54, 1.807) is 11.9 Å². The molecule has 37 heavy (non-hydrogen) atoms. The molecule has 6 nitrogen and oxygen atoms in total. The molecule has 0 saturated carbocycles. The van der Waals surface area contributed by atoms with E-state index in [-0.39, 0.29) is 22.8 Å². The van der Waals surface area contributed by atoms with Crippen molar-refractivity contribution < 1.29 is 13.6 Å². The van der Waals surface area contributed by atoms with Gasteiger partial charge in [0.15, 0.2) is 0 Å². The average Bonchev–Trinajstić information content (AvgIpc) is 3.23. The third kappa shape index (κ3) is 5.62. The van der Waals surface area contributed by atoms with E-state index in [1.807, 2.05) is 12.1 Å². The van der Waals surface area contributed by atoms with E-state index in [9.17, 15) is 13.6 Å². The number of likely N-dealkylation sites (N-methyl/N-ethyl adjacent to an activating group) is 1. The summed E-state index contributed by atoms with van der Waals surface area (Å²) >= 11 is 11.9. The molecule has 0 spiro atoms. The van der Waals surface area contributed by atoms with Gasteiger partial charge in [0.05, 0.1) is 17.9 Å². The first-order chi connectivity index (χ1) is 17.7. The van der Waals surface area contributed by atoms with Crippen LogP contribution in [0.2, 0.25) is 10.3 Å². The van der Waals surface area contributed by atoms with Crippen molar-refractivity contribution in [2.45, 2.75) is 31.5 Å². The topological polar surface area (TPSA) is 52.6 Å². The zero-order valence-electron chi connectivity index (χ0n) is 20.4. The highest BCUT2D eigenvalue weighted by molar-refractivity contribution is 6.29. The molecule has 1 saturated heterocycles. The Balaban J connectivity index is 1.34. The van der Waals surface area contributed by atoms with E-state index in [0.29, 0.717) is 57.0 Å². The monoisotopic (exact) mass is 545 g/mol. The van der Waals surface area contributed by atoms with Gasteiger partial charge in [0.1, 0.15) is 27.5 Å². The molecule has 0 N–H and O–H groups in total. The first-order valence-electron chi connectivity index (χ1n) is 12.2. The highest BCUT2D eigenvalue weighted by Crippen LogP contribution is 2.37. The van der Waals surface area contributed by atoms with Gasteiger partial charge in [-0.15, -0.1) is 0 Å². The average molecular weight is 546 g/mol. The fourth-order valence-electron chi connectivity index (χ4n) is 5.53. The molecule has 1 amide bonds. The molecule has 2 aliphatic rings. The van der Waals surface area contributed by atoms with Crippen molar-refractivity contribution in [1.82, 2.24) is 24.7 Å². The molecule has 1 fully saturated rings. The molecule has 5 rings (SSSR count). The summed E-state index contributed by atoms with van der Waals surface area (Å²) in [6.07, 6.45) is 1.20. The highest BCUT2D eigenvalue weighted by atomic mass is 35.5. The van der Waals surface area contributed by atoms with Crippen molar-refractivity contribution in [3.63, 3.8) is 0 Å². The summed E-state index contributed by atoms with van der Waals surface area (Å²) in [6.45, 7) is 3.37. The Bertz CT molecular complexity index is 1250. The highest BCUT2D eigenvalue weighted by Gasteiger charge is 2.50. The van der Waals surface area contributed by atoms with Gasteiger partial charge in [-0.25, -0.2) is 18.7 Å². The molecule has 0 bridgehead atoms. The van der Waals surface area contributed by atoms with Crippen LogP contribution in [0.1, 0.15) is 22.5 Å². The Morgan fingerprint density at radius 1 is 0.919 bits per heavy atom. The number of benzene rings is 1. The smallest absolute Gasteiger partial charge is 0.243 e. The van der Waals surface area contributed by atoms with Crippen LogP contribution in [0.25, 0.3) is 0 Å². The van der Waals surface area contributed by atoms with Crippen LogP contribution in [0.4, 0.5) is 8.78 Å². The fraction of sp³-hybridized carbons (Fsp3) is 0.370. The maximum absolute atomic E-state index is 14.1. The Morgan fingerprint density at radius 3 is 2.03 bits per heavy atom. The minimum atomic E-state index is -0.748. The second-order valence-corrected chi connectivity index (χ2v) is 10.6. The number of carbonyl (C=O) groups excluding carboxylic acids is 1. The number of hydrogen-bond acceptors (Lipinski definition) is 5. The number of rotatable bonds is 6. The van der Waals surface area contributed by atoms with E-state index in [4.69, 9.17) is 23.2 Å². The predicted molar refractivity (Wildman–Crippen MR) is 138 cm³/mol. The summed E-state index contributed by atoms with van der Waals surface area (Å²) in [4.78, 5) is 28.6. The van der Waals surface area contributed by atoms with Crippen LogP contribution in [0, 0.1) is 11.6 Å². The van der Waals surface area contributed by atoms with Crippen LogP contribution in [0.3, 0.4) is 0 Å². The molecule has 1 aliphatic heterocycles. The number of aromatic nitrogens is 2. The molecule has 3 aromatic rings. The van der Waals surface area contributed by atoms with Crippen LogP contribution in [0.5, 0.6) is 0 Å². The number of hydrogen-bond donors (Lipinski definition) is 0. The van der Waals surface area contributed by atoms with Gasteiger partial charge in [0.25, 0.3) is 0 Å². The van der Waals surface area contributed by atoms with Crippen molar-refractivity contribution in [3.05, 3.63) is 93.0 Å². The first kappa shape index (κ1) is 26.0. The van der Waals surface area contributed by atoms with Crippen molar-refractivity contribution in [2.75, 3.05) is 33.2 Å². The molecule has 1 aliphatic carbocycles. The van der Waals surface area contributed by atoms with Gasteiger partial charge in [0, 0.05) is 64.7 Å². The van der Waals surface area contributed by atoms with E-state index in [1.165, 1.54) is 18.2 Å². The number of halogens is 4. The third-order valence-electron chi connectivity index (χ3n) is 7.22. The number of fused-ring (bicyclic) bond motifs is 1. The normalized spacial score (nSPS) is 17.5. The second-order valence-electron chi connectivity index (χ2n) is 9.78. The second kappa shape index (κ2) is 10.6. The van der Waals surface area contributed by atoms with Gasteiger partial charge in [0.2, 0.25) is 5.91 Å². The maximum atomic E-state index is 14.1. The zero-order valence-corrected chi connectivity index (χ0v) is 21.9. The Labute approximate surface area is 224 Å². The summed E-state index contributed by atoms with van der Waals surface area (Å²) < 4.78 is 27.7.